The van der Waals surface area contributed by atoms with Crippen molar-refractivity contribution in [2.45, 2.75) is 6.42 Å². The fourth-order valence-electron chi connectivity index (χ4n) is 0.429. The van der Waals surface area contributed by atoms with Crippen LogP contribution in [0.4, 0.5) is 0 Å². The lowest BCUT2D eigenvalue weighted by Crippen LogP contribution is -3.00. The number of hydrogen-bond donors (Lipinski definition) is 3. The van der Waals surface area contributed by atoms with Gasteiger partial charge in [0.15, 0.2) is 0 Å². The molecule has 0 unspecified atom stereocenters. The first-order chi connectivity index (χ1) is 6.19. The lowest BCUT2D eigenvalue weighted by Gasteiger charge is -2.21. The number of likely N-dealkylation sites (N-methyl/N-ethyl adjacent to an activating group) is 1. The van der Waals surface area contributed by atoms with Gasteiger partial charge in [0.1, 0.15) is 13.0 Å². The maximum absolute atomic E-state index is 9.43. The highest BCUT2D eigenvalue weighted by Gasteiger charge is 2.02. The molecular weight excluding hydrogens is 226 g/mol. The number of nitrogens with zero attached hydrogens (tertiary/aromatic N) is 1. The summed E-state index contributed by atoms with van der Waals surface area (Å²) in [7, 11) is 6.16. The van der Waals surface area contributed by atoms with Crippen LogP contribution in [-0.2, 0) is 9.59 Å². The van der Waals surface area contributed by atoms with Gasteiger partial charge in [0.05, 0.1) is 27.7 Å². The Labute approximate surface area is 95.1 Å². The minimum absolute atomic E-state index is 0. The summed E-state index contributed by atoms with van der Waals surface area (Å²) in [4.78, 5) is 18.9. The average Bonchev–Trinajstić information content (AvgIpc) is 1.80. The molecule has 0 heterocycles. The highest BCUT2D eigenvalue weighted by molar-refractivity contribution is 5.88. The highest BCUT2D eigenvalue weighted by Crippen LogP contribution is 1.84. The summed E-state index contributed by atoms with van der Waals surface area (Å²) in [5, 5.41) is 23.8. The topological polar surface area (TPSA) is 94.8 Å². The Morgan fingerprint density at radius 3 is 1.40 bits per heavy atom. The molecule has 0 saturated heterocycles. The van der Waals surface area contributed by atoms with Crippen LogP contribution in [0.5, 0.6) is 0 Å². The normalized spacial score (nSPS) is 9.33. The summed E-state index contributed by atoms with van der Waals surface area (Å²) in [6.07, 6.45) is -0.806. The van der Waals surface area contributed by atoms with Crippen LogP contribution in [0.1, 0.15) is 6.42 Å². The number of aliphatic hydroxyl groups is 1. The van der Waals surface area contributed by atoms with Crippen LogP contribution in [-0.4, -0.2) is 66.0 Å². The van der Waals surface area contributed by atoms with Gasteiger partial charge in [-0.25, -0.2) is 0 Å². The van der Waals surface area contributed by atoms with E-state index in [9.17, 15) is 9.59 Å². The molecule has 3 N–H and O–H groups in total. The van der Waals surface area contributed by atoms with E-state index in [1.165, 1.54) is 0 Å². The number of aliphatic carboxylic acids is 2. The van der Waals surface area contributed by atoms with Gasteiger partial charge in [-0.2, -0.15) is 0 Å². The van der Waals surface area contributed by atoms with E-state index in [-0.39, 0.29) is 19.0 Å². The van der Waals surface area contributed by atoms with Crippen molar-refractivity contribution in [2.75, 3.05) is 34.3 Å². The van der Waals surface area contributed by atoms with Gasteiger partial charge in [0, 0.05) is 0 Å². The second-order valence-corrected chi connectivity index (χ2v) is 3.70. The van der Waals surface area contributed by atoms with E-state index in [0.29, 0.717) is 0 Å². The third-order valence-corrected chi connectivity index (χ3v) is 1.07. The van der Waals surface area contributed by atoms with Crippen LogP contribution in [0.3, 0.4) is 0 Å². The van der Waals surface area contributed by atoms with Crippen LogP contribution < -0.4 is 12.4 Å². The Morgan fingerprint density at radius 1 is 1.07 bits per heavy atom. The van der Waals surface area contributed by atoms with Crippen LogP contribution >= 0.6 is 0 Å². The number of aliphatic hydroxyl groups excluding tert-OH is 1. The smallest absolute Gasteiger partial charge is 0.314 e. The molecule has 0 aromatic heterocycles. The zero-order chi connectivity index (χ0) is 11.8. The van der Waals surface area contributed by atoms with Gasteiger partial charge in [-0.3, -0.25) is 9.59 Å². The first-order valence-electron chi connectivity index (χ1n) is 4.04. The fraction of sp³-hybridized carbons (Fsp3) is 0.750. The third kappa shape index (κ3) is 32.0. The molecule has 15 heavy (non-hydrogen) atoms. The minimum Gasteiger partial charge on any atom is -1.00 e. The summed E-state index contributed by atoms with van der Waals surface area (Å²) in [5.41, 5.74) is 0. The SMILES string of the molecule is C[N+](C)(C)CCO.O=C(O)CC(=O)O.[Cl-]. The zero-order valence-corrected chi connectivity index (χ0v) is 9.86. The summed E-state index contributed by atoms with van der Waals surface area (Å²) < 4.78 is 0.844. The molecule has 0 aromatic carbocycles. The highest BCUT2D eigenvalue weighted by atomic mass is 35.5. The van der Waals surface area contributed by atoms with E-state index >= 15 is 0 Å². The van der Waals surface area contributed by atoms with Crippen molar-refractivity contribution < 1.29 is 41.8 Å². The quantitative estimate of drug-likeness (QED) is 0.348. The van der Waals surface area contributed by atoms with Crippen LogP contribution in [0.25, 0.3) is 0 Å². The van der Waals surface area contributed by atoms with Gasteiger partial charge in [0.25, 0.3) is 0 Å². The van der Waals surface area contributed by atoms with Crippen LogP contribution in [0.15, 0.2) is 0 Å². The van der Waals surface area contributed by atoms with Gasteiger partial charge in [-0.1, -0.05) is 0 Å². The molecule has 0 rings (SSSR count). The number of hydrogen-bond acceptors (Lipinski definition) is 3. The molecular formula is C8H18ClNO5. The Bertz CT molecular complexity index is 178. The van der Waals surface area contributed by atoms with Crippen LogP contribution in [0, 0.1) is 0 Å². The van der Waals surface area contributed by atoms with E-state index in [1.54, 1.807) is 0 Å². The van der Waals surface area contributed by atoms with E-state index in [4.69, 9.17) is 15.3 Å². The van der Waals surface area contributed by atoms with Gasteiger partial charge < -0.3 is 32.2 Å². The summed E-state index contributed by atoms with van der Waals surface area (Å²) in [6, 6.07) is 0. The molecule has 0 atom stereocenters. The monoisotopic (exact) mass is 243 g/mol. The molecule has 0 radical (unpaired) electrons. The first-order valence-corrected chi connectivity index (χ1v) is 4.04. The molecule has 0 aliphatic rings. The molecule has 7 heteroatoms. The average molecular weight is 244 g/mol. The van der Waals surface area contributed by atoms with Crippen molar-refractivity contribution in [3.8, 4) is 0 Å². The second kappa shape index (κ2) is 9.70. The van der Waals surface area contributed by atoms with Crippen molar-refractivity contribution in [3.05, 3.63) is 0 Å². The lowest BCUT2D eigenvalue weighted by molar-refractivity contribution is -0.870. The van der Waals surface area contributed by atoms with Crippen molar-refractivity contribution in [1.82, 2.24) is 0 Å². The number of quaternary nitrogens is 1. The second-order valence-electron chi connectivity index (χ2n) is 3.70. The van der Waals surface area contributed by atoms with Crippen LogP contribution in [0.2, 0.25) is 0 Å². The maximum atomic E-state index is 9.43. The van der Waals surface area contributed by atoms with Crippen molar-refractivity contribution in [3.63, 3.8) is 0 Å². The van der Waals surface area contributed by atoms with Gasteiger partial charge >= 0.3 is 11.9 Å². The van der Waals surface area contributed by atoms with E-state index < -0.39 is 18.4 Å². The molecule has 0 aromatic rings. The number of carboxylic acid groups (broad SMARTS) is 2. The molecule has 92 valence electrons. The maximum Gasteiger partial charge on any atom is 0.314 e. The minimum atomic E-state index is -1.31. The van der Waals surface area contributed by atoms with Gasteiger partial charge in [-0.15, -0.1) is 0 Å². The van der Waals surface area contributed by atoms with E-state index in [2.05, 4.69) is 21.1 Å². The Hall–Kier alpha value is -0.850. The van der Waals surface area contributed by atoms with Crippen molar-refractivity contribution in [2.24, 2.45) is 0 Å². The molecule has 0 bridgehead atoms. The molecule has 0 fully saturated rings. The number of halogens is 1. The van der Waals surface area contributed by atoms with Crippen molar-refractivity contribution in [1.29, 1.82) is 0 Å². The Balaban J connectivity index is -0.000000180. The molecule has 6 nitrogen and oxygen atoms in total. The van der Waals surface area contributed by atoms with Gasteiger partial charge in [0.2, 0.25) is 0 Å². The standard InChI is InChI=1S/C5H14NO.C3H4O4.ClH/c1-6(2,3)4-5-7;4-2(5)1-3(6)7;/h7H,4-5H2,1-3H3;1H2,(H,4,5)(H,6,7);1H/q+1;;/p-1. The van der Waals surface area contributed by atoms with E-state index in [1.807, 2.05) is 0 Å². The zero-order valence-electron chi connectivity index (χ0n) is 9.10. The summed E-state index contributed by atoms with van der Waals surface area (Å²) in [5.74, 6) is -2.62. The Morgan fingerprint density at radius 2 is 1.40 bits per heavy atom. The lowest BCUT2D eigenvalue weighted by atomic mass is 10.5. The first kappa shape index (κ1) is 19.7. The van der Waals surface area contributed by atoms with E-state index in [0.717, 1.165) is 11.0 Å². The summed E-state index contributed by atoms with van der Waals surface area (Å²) in [6.45, 7) is 1.11. The molecule has 0 aliphatic heterocycles. The largest absolute Gasteiger partial charge is 1.00 e. The molecule has 0 aliphatic carbocycles. The molecule has 0 spiro atoms. The third-order valence-electron chi connectivity index (χ3n) is 1.07. The number of rotatable bonds is 4. The Kier molecular flexibility index (Phi) is 12.7. The molecule has 0 amide bonds. The predicted molar refractivity (Wildman–Crippen MR) is 49.9 cm³/mol. The number of carbonyl (C=O) groups is 2. The van der Waals surface area contributed by atoms with Gasteiger partial charge in [-0.05, 0) is 0 Å². The van der Waals surface area contributed by atoms with Crippen molar-refractivity contribution >= 4 is 11.9 Å². The summed E-state index contributed by atoms with van der Waals surface area (Å²) >= 11 is 0. The molecule has 0 saturated carbocycles. The number of carboxylic acids is 2. The fourth-order valence-corrected chi connectivity index (χ4v) is 0.429. The predicted octanol–water partition coefficient (Wildman–Crippen LogP) is -3.77.